The molecule has 0 spiro atoms. The molecule has 0 unspecified atom stereocenters. The zero-order valence-corrected chi connectivity index (χ0v) is 9.91. The van der Waals surface area contributed by atoms with Gasteiger partial charge in [-0.15, -0.1) is 0 Å². The summed E-state index contributed by atoms with van der Waals surface area (Å²) >= 11 is 0. The van der Waals surface area contributed by atoms with E-state index in [9.17, 15) is 4.79 Å². The van der Waals surface area contributed by atoms with Crippen LogP contribution in [0, 0.1) is 0 Å². The first kappa shape index (κ1) is 16.0. The largest absolute Gasteiger partial charge is 0.353 e. The Hall–Kier alpha value is -0.410. The molecule has 0 amide bonds. The number of unbranched alkanes of at least 4 members (excludes halogenated alkanes) is 2. The maximum Gasteiger partial charge on any atom is 0.154 e. The van der Waals surface area contributed by atoms with Gasteiger partial charge in [-0.25, -0.2) is 0 Å². The molecule has 3 heteroatoms. The zero-order chi connectivity index (χ0) is 11.2. The van der Waals surface area contributed by atoms with E-state index >= 15 is 0 Å². The van der Waals surface area contributed by atoms with Crippen molar-refractivity contribution in [3.05, 3.63) is 0 Å². The Kier molecular flexibility index (Phi) is 17.3. The number of carbonyl (C=O) groups excluding carboxylic acids is 1. The predicted molar refractivity (Wildman–Crippen MR) is 58.3 cm³/mol. The Labute approximate surface area is 87.8 Å². The molecule has 0 aliphatic heterocycles. The van der Waals surface area contributed by atoms with E-state index in [1.165, 1.54) is 0 Å². The Morgan fingerprint density at radius 1 is 1.14 bits per heavy atom. The van der Waals surface area contributed by atoms with Crippen LogP contribution in [0.3, 0.4) is 0 Å². The third-order valence-corrected chi connectivity index (χ3v) is 1.48. The number of aldehydes is 1. The Morgan fingerprint density at radius 3 is 1.86 bits per heavy atom. The Morgan fingerprint density at radius 2 is 1.64 bits per heavy atom. The molecular formula is C11H24O3. The van der Waals surface area contributed by atoms with Crippen molar-refractivity contribution in [3.8, 4) is 0 Å². The van der Waals surface area contributed by atoms with Crippen LogP contribution in [0.1, 0.15) is 47.0 Å². The summed E-state index contributed by atoms with van der Waals surface area (Å²) in [6.45, 7) is 9.32. The second-order valence-electron chi connectivity index (χ2n) is 2.79. The van der Waals surface area contributed by atoms with Crippen molar-refractivity contribution in [3.63, 3.8) is 0 Å². The van der Waals surface area contributed by atoms with E-state index in [2.05, 4.69) is 6.92 Å². The van der Waals surface area contributed by atoms with Crippen molar-refractivity contribution in [1.29, 1.82) is 0 Å². The van der Waals surface area contributed by atoms with E-state index in [0.29, 0.717) is 0 Å². The molecule has 0 atom stereocenters. The molecular weight excluding hydrogens is 180 g/mol. The lowest BCUT2D eigenvalue weighted by atomic mass is 10.3. The van der Waals surface area contributed by atoms with Gasteiger partial charge < -0.3 is 14.3 Å². The number of carbonyl (C=O) groups is 1. The molecule has 86 valence electrons. The third kappa shape index (κ3) is 17.6. The van der Waals surface area contributed by atoms with Gasteiger partial charge in [0.15, 0.2) is 6.29 Å². The quantitative estimate of drug-likeness (QED) is 0.363. The molecule has 0 aliphatic rings. The highest BCUT2D eigenvalue weighted by Gasteiger charge is 1.94. The summed E-state index contributed by atoms with van der Waals surface area (Å²) in [7, 11) is 0. The lowest BCUT2D eigenvalue weighted by molar-refractivity contribution is -0.123. The molecule has 0 heterocycles. The van der Waals surface area contributed by atoms with Gasteiger partial charge in [0.2, 0.25) is 0 Å². The lowest BCUT2D eigenvalue weighted by Crippen LogP contribution is -2.11. The summed E-state index contributed by atoms with van der Waals surface area (Å²) in [5.41, 5.74) is 0. The van der Waals surface area contributed by atoms with E-state index < -0.39 is 0 Å². The summed E-state index contributed by atoms with van der Waals surface area (Å²) in [5, 5.41) is 0. The first-order chi connectivity index (χ1) is 6.72. The predicted octanol–water partition coefficient (Wildman–Crippen LogP) is 2.78. The zero-order valence-electron chi connectivity index (χ0n) is 9.91. The summed E-state index contributed by atoms with van der Waals surface area (Å²) in [5.74, 6) is 0. The summed E-state index contributed by atoms with van der Waals surface area (Å²) < 4.78 is 10.1. The minimum absolute atomic E-state index is 0.0370. The van der Waals surface area contributed by atoms with Crippen LogP contribution >= 0.6 is 0 Å². The molecule has 0 saturated carbocycles. The van der Waals surface area contributed by atoms with E-state index in [1.807, 2.05) is 20.8 Å². The second-order valence-corrected chi connectivity index (χ2v) is 2.79. The third-order valence-electron chi connectivity index (χ3n) is 1.48. The fraction of sp³-hybridized carbons (Fsp3) is 0.909. The number of ether oxygens (including phenoxy) is 2. The maximum atomic E-state index is 9.56. The van der Waals surface area contributed by atoms with E-state index in [-0.39, 0.29) is 6.29 Å². The topological polar surface area (TPSA) is 35.5 Å². The molecule has 14 heavy (non-hydrogen) atoms. The first-order valence-corrected chi connectivity index (χ1v) is 5.39. The number of hydrogen-bond acceptors (Lipinski definition) is 3. The Bertz CT molecular complexity index is 98.7. The van der Waals surface area contributed by atoms with Crippen molar-refractivity contribution in [1.82, 2.24) is 0 Å². The molecule has 0 aromatic carbocycles. The van der Waals surface area contributed by atoms with Gasteiger partial charge in [-0.3, -0.25) is 0 Å². The SMILES string of the molecule is CCCCC=O.CCOC(C)OCC. The van der Waals surface area contributed by atoms with Crippen LogP contribution in [-0.4, -0.2) is 25.8 Å². The van der Waals surface area contributed by atoms with Gasteiger partial charge in [0.1, 0.15) is 6.29 Å². The van der Waals surface area contributed by atoms with E-state index in [4.69, 9.17) is 9.47 Å². The van der Waals surface area contributed by atoms with Gasteiger partial charge in [-0.2, -0.15) is 0 Å². The number of rotatable bonds is 7. The molecule has 0 aromatic heterocycles. The fourth-order valence-electron chi connectivity index (χ4n) is 0.805. The van der Waals surface area contributed by atoms with Crippen molar-refractivity contribution >= 4 is 6.29 Å². The molecule has 0 saturated heterocycles. The van der Waals surface area contributed by atoms with Gasteiger partial charge in [0.05, 0.1) is 0 Å². The van der Waals surface area contributed by atoms with Gasteiger partial charge >= 0.3 is 0 Å². The first-order valence-electron chi connectivity index (χ1n) is 5.39. The van der Waals surface area contributed by atoms with Gasteiger partial charge in [-0.1, -0.05) is 13.3 Å². The highest BCUT2D eigenvalue weighted by Crippen LogP contribution is 1.90. The monoisotopic (exact) mass is 204 g/mol. The van der Waals surface area contributed by atoms with Crippen LogP contribution in [0.2, 0.25) is 0 Å². The number of hydrogen-bond donors (Lipinski definition) is 0. The standard InChI is InChI=1S/C6H14O2.C5H10O/c1-4-7-6(3)8-5-2;1-2-3-4-5-6/h6H,4-5H2,1-3H3;5H,2-4H2,1H3. The van der Waals surface area contributed by atoms with Crippen molar-refractivity contribution in [2.75, 3.05) is 13.2 Å². The van der Waals surface area contributed by atoms with Crippen LogP contribution in [0.4, 0.5) is 0 Å². The fourth-order valence-corrected chi connectivity index (χ4v) is 0.805. The average Bonchev–Trinajstić information content (AvgIpc) is 2.16. The molecule has 0 rings (SSSR count). The average molecular weight is 204 g/mol. The molecule has 0 aromatic rings. The minimum atomic E-state index is -0.0370. The molecule has 0 N–H and O–H groups in total. The van der Waals surface area contributed by atoms with Crippen LogP contribution in [0.15, 0.2) is 0 Å². The molecule has 0 fully saturated rings. The molecule has 0 radical (unpaired) electrons. The van der Waals surface area contributed by atoms with Crippen LogP contribution in [-0.2, 0) is 14.3 Å². The summed E-state index contributed by atoms with van der Waals surface area (Å²) in [4.78, 5) is 9.56. The van der Waals surface area contributed by atoms with Crippen molar-refractivity contribution < 1.29 is 14.3 Å². The van der Waals surface area contributed by atoms with Crippen molar-refractivity contribution in [2.45, 2.75) is 53.2 Å². The minimum Gasteiger partial charge on any atom is -0.353 e. The molecule has 0 aliphatic carbocycles. The van der Waals surface area contributed by atoms with Gasteiger partial charge in [0, 0.05) is 19.6 Å². The van der Waals surface area contributed by atoms with Crippen LogP contribution in [0.25, 0.3) is 0 Å². The van der Waals surface area contributed by atoms with Crippen LogP contribution in [0.5, 0.6) is 0 Å². The molecule has 3 nitrogen and oxygen atoms in total. The second kappa shape index (κ2) is 15.1. The lowest BCUT2D eigenvalue weighted by Gasteiger charge is -2.09. The van der Waals surface area contributed by atoms with E-state index in [1.54, 1.807) is 0 Å². The van der Waals surface area contributed by atoms with Gasteiger partial charge in [-0.05, 0) is 27.2 Å². The summed E-state index contributed by atoms with van der Waals surface area (Å²) in [6.07, 6.45) is 3.83. The molecule has 0 bridgehead atoms. The van der Waals surface area contributed by atoms with Crippen LogP contribution < -0.4 is 0 Å². The van der Waals surface area contributed by atoms with E-state index in [0.717, 1.165) is 38.8 Å². The maximum absolute atomic E-state index is 9.56. The highest BCUT2D eigenvalue weighted by atomic mass is 16.7. The summed E-state index contributed by atoms with van der Waals surface area (Å²) in [6, 6.07) is 0. The van der Waals surface area contributed by atoms with Gasteiger partial charge in [0.25, 0.3) is 0 Å². The Balaban J connectivity index is 0. The highest BCUT2D eigenvalue weighted by molar-refractivity contribution is 5.48. The van der Waals surface area contributed by atoms with Crippen molar-refractivity contribution in [2.24, 2.45) is 0 Å². The smallest absolute Gasteiger partial charge is 0.154 e. The normalized spacial score (nSPS) is 9.50.